The molecular formula is C25H27N3O3S. The van der Waals surface area contributed by atoms with Gasteiger partial charge in [-0.2, -0.15) is 11.3 Å². The summed E-state index contributed by atoms with van der Waals surface area (Å²) >= 11 is 1.64. The van der Waals surface area contributed by atoms with Gasteiger partial charge in [-0.25, -0.2) is 0 Å². The topological polar surface area (TPSA) is 70.7 Å². The zero-order valence-corrected chi connectivity index (χ0v) is 18.9. The molecule has 0 spiro atoms. The Kier molecular flexibility index (Phi) is 7.19. The maximum absolute atomic E-state index is 12.5. The number of hydrogen-bond donors (Lipinski definition) is 2. The number of carbonyl (C=O) groups excluding carboxylic acids is 2. The van der Waals surface area contributed by atoms with Crippen LogP contribution in [0.1, 0.15) is 28.3 Å². The van der Waals surface area contributed by atoms with Crippen LogP contribution >= 0.6 is 11.3 Å². The summed E-state index contributed by atoms with van der Waals surface area (Å²) in [6.07, 6.45) is 0.979. The van der Waals surface area contributed by atoms with Crippen LogP contribution in [0.25, 0.3) is 0 Å². The summed E-state index contributed by atoms with van der Waals surface area (Å²) in [7, 11) is 1.60. The lowest BCUT2D eigenvalue weighted by Crippen LogP contribution is -2.45. The Morgan fingerprint density at radius 3 is 2.50 bits per heavy atom. The van der Waals surface area contributed by atoms with Crippen molar-refractivity contribution in [2.24, 2.45) is 0 Å². The van der Waals surface area contributed by atoms with Gasteiger partial charge in [-0.1, -0.05) is 36.4 Å². The fraction of sp³-hybridized carbons (Fsp3) is 0.280. The quantitative estimate of drug-likeness (QED) is 0.543. The first-order valence-electron chi connectivity index (χ1n) is 10.7. The van der Waals surface area contributed by atoms with Gasteiger partial charge in [-0.3, -0.25) is 14.5 Å². The van der Waals surface area contributed by atoms with E-state index in [2.05, 4.69) is 51.2 Å². The Balaban J connectivity index is 1.34. The number of thiophene rings is 1. The zero-order valence-electron chi connectivity index (χ0n) is 18.0. The molecule has 3 aromatic rings. The minimum Gasteiger partial charge on any atom is -0.497 e. The van der Waals surface area contributed by atoms with Crippen LogP contribution in [0.5, 0.6) is 5.75 Å². The lowest BCUT2D eigenvalue weighted by Gasteiger charge is -2.35. The summed E-state index contributed by atoms with van der Waals surface area (Å²) in [6, 6.07) is 18.0. The maximum Gasteiger partial charge on any atom is 0.309 e. The van der Waals surface area contributed by atoms with Gasteiger partial charge >= 0.3 is 11.8 Å². The highest BCUT2D eigenvalue weighted by Gasteiger charge is 2.26. The van der Waals surface area contributed by atoms with Crippen molar-refractivity contribution in [3.05, 3.63) is 87.6 Å². The van der Waals surface area contributed by atoms with Gasteiger partial charge in [0.15, 0.2) is 0 Å². The lowest BCUT2D eigenvalue weighted by molar-refractivity contribution is -0.139. The molecule has 7 heteroatoms. The van der Waals surface area contributed by atoms with Gasteiger partial charge in [-0.05, 0) is 57.6 Å². The predicted octanol–water partition coefficient (Wildman–Crippen LogP) is 3.29. The molecular weight excluding hydrogens is 422 g/mol. The van der Waals surface area contributed by atoms with Crippen molar-refractivity contribution in [1.29, 1.82) is 0 Å². The Hall–Kier alpha value is -3.16. The number of rotatable bonds is 7. The van der Waals surface area contributed by atoms with Crippen LogP contribution in [0.3, 0.4) is 0 Å². The molecule has 2 amide bonds. The van der Waals surface area contributed by atoms with E-state index in [1.807, 2.05) is 29.6 Å². The number of amides is 2. The van der Waals surface area contributed by atoms with Crippen LogP contribution in [-0.2, 0) is 29.1 Å². The average molecular weight is 450 g/mol. The highest BCUT2D eigenvalue weighted by Crippen LogP contribution is 2.28. The summed E-state index contributed by atoms with van der Waals surface area (Å²) < 4.78 is 5.13. The average Bonchev–Trinajstić information content (AvgIpc) is 3.37. The van der Waals surface area contributed by atoms with Crippen molar-refractivity contribution < 1.29 is 14.3 Å². The van der Waals surface area contributed by atoms with E-state index in [1.165, 1.54) is 11.1 Å². The highest BCUT2D eigenvalue weighted by molar-refractivity contribution is 7.08. The number of benzene rings is 2. The van der Waals surface area contributed by atoms with Crippen LogP contribution in [-0.4, -0.2) is 36.9 Å². The second kappa shape index (κ2) is 10.4. The minimum absolute atomic E-state index is 0.0212. The number of fused-ring (bicyclic) bond motifs is 1. The molecule has 2 aromatic carbocycles. The van der Waals surface area contributed by atoms with Crippen molar-refractivity contribution >= 4 is 23.2 Å². The number of ether oxygens (including phenoxy) is 1. The molecule has 0 saturated heterocycles. The Bertz CT molecular complexity index is 1050. The lowest BCUT2D eigenvalue weighted by atomic mass is 9.97. The molecule has 0 bridgehead atoms. The van der Waals surface area contributed by atoms with Crippen molar-refractivity contribution in [2.45, 2.75) is 25.6 Å². The summed E-state index contributed by atoms with van der Waals surface area (Å²) in [5.41, 5.74) is 4.76. The molecule has 0 aliphatic carbocycles. The molecule has 1 atom stereocenters. The summed E-state index contributed by atoms with van der Waals surface area (Å²) in [5.74, 6) is -0.498. The summed E-state index contributed by atoms with van der Waals surface area (Å²) in [6.45, 7) is 2.41. The van der Waals surface area contributed by atoms with E-state index in [0.717, 1.165) is 36.4 Å². The van der Waals surface area contributed by atoms with Crippen LogP contribution in [0.15, 0.2) is 65.4 Å². The van der Waals surface area contributed by atoms with E-state index in [4.69, 9.17) is 4.74 Å². The molecule has 0 unspecified atom stereocenters. The third-order valence-corrected chi connectivity index (χ3v) is 6.50. The van der Waals surface area contributed by atoms with Gasteiger partial charge in [0.05, 0.1) is 13.2 Å². The van der Waals surface area contributed by atoms with Crippen LogP contribution < -0.4 is 15.4 Å². The maximum atomic E-state index is 12.5. The molecule has 1 aliphatic heterocycles. The molecule has 6 nitrogen and oxygen atoms in total. The second-order valence-corrected chi connectivity index (χ2v) is 8.58. The summed E-state index contributed by atoms with van der Waals surface area (Å²) in [5, 5.41) is 9.68. The number of hydrogen-bond acceptors (Lipinski definition) is 5. The molecule has 0 radical (unpaired) electrons. The Labute approximate surface area is 192 Å². The molecule has 1 aliphatic rings. The van der Waals surface area contributed by atoms with E-state index in [-0.39, 0.29) is 12.6 Å². The second-order valence-electron chi connectivity index (χ2n) is 7.80. The van der Waals surface area contributed by atoms with E-state index >= 15 is 0 Å². The van der Waals surface area contributed by atoms with E-state index in [0.29, 0.717) is 6.54 Å². The van der Waals surface area contributed by atoms with E-state index in [9.17, 15) is 9.59 Å². The van der Waals surface area contributed by atoms with Crippen LogP contribution in [0, 0.1) is 0 Å². The third kappa shape index (κ3) is 5.36. The molecule has 1 aromatic heterocycles. The third-order valence-electron chi connectivity index (χ3n) is 5.80. The Morgan fingerprint density at radius 1 is 1.03 bits per heavy atom. The van der Waals surface area contributed by atoms with Gasteiger partial charge < -0.3 is 15.4 Å². The number of nitrogens with zero attached hydrogens (tertiary/aromatic N) is 1. The fourth-order valence-corrected chi connectivity index (χ4v) is 4.69. The Morgan fingerprint density at radius 2 is 1.78 bits per heavy atom. The van der Waals surface area contributed by atoms with Crippen molar-refractivity contribution in [2.75, 3.05) is 20.2 Å². The number of nitrogens with one attached hydrogen (secondary N) is 2. The normalized spacial score (nSPS) is 14.3. The van der Waals surface area contributed by atoms with Gasteiger partial charge in [0.2, 0.25) is 0 Å². The van der Waals surface area contributed by atoms with Gasteiger partial charge in [-0.15, -0.1) is 0 Å². The van der Waals surface area contributed by atoms with Gasteiger partial charge in [0, 0.05) is 26.2 Å². The summed E-state index contributed by atoms with van der Waals surface area (Å²) in [4.78, 5) is 27.2. The zero-order chi connectivity index (χ0) is 22.3. The molecule has 0 fully saturated rings. The fourth-order valence-electron chi connectivity index (χ4n) is 3.98. The molecule has 166 valence electrons. The molecule has 2 N–H and O–H groups in total. The first-order chi connectivity index (χ1) is 15.6. The molecule has 0 saturated carbocycles. The molecule has 2 heterocycles. The van der Waals surface area contributed by atoms with Crippen molar-refractivity contribution in [3.63, 3.8) is 0 Å². The van der Waals surface area contributed by atoms with Crippen LogP contribution in [0.2, 0.25) is 0 Å². The molecule has 32 heavy (non-hydrogen) atoms. The van der Waals surface area contributed by atoms with Gasteiger partial charge in [0.1, 0.15) is 5.75 Å². The standard InChI is InChI=1S/C25H27N3O3S/c1-31-22-8-6-18(7-9-22)14-26-24(29)25(30)27-15-23(21-11-13-32-17-21)28-12-10-19-4-2-3-5-20(19)16-28/h2-9,11,13,17,23H,10,12,14-16H2,1H3,(H,26,29)(H,27,30)/t23-/m0/s1. The number of methoxy groups -OCH3 is 1. The smallest absolute Gasteiger partial charge is 0.309 e. The van der Waals surface area contributed by atoms with Crippen LogP contribution in [0.4, 0.5) is 0 Å². The monoisotopic (exact) mass is 449 g/mol. The first-order valence-corrected chi connectivity index (χ1v) is 11.6. The van der Waals surface area contributed by atoms with E-state index < -0.39 is 11.8 Å². The number of carbonyl (C=O) groups is 2. The van der Waals surface area contributed by atoms with Gasteiger partial charge in [0.25, 0.3) is 0 Å². The van der Waals surface area contributed by atoms with Crippen molar-refractivity contribution in [1.82, 2.24) is 15.5 Å². The van der Waals surface area contributed by atoms with E-state index in [1.54, 1.807) is 18.4 Å². The largest absolute Gasteiger partial charge is 0.497 e. The minimum atomic E-state index is -0.631. The van der Waals surface area contributed by atoms with Crippen molar-refractivity contribution in [3.8, 4) is 5.75 Å². The molecule has 4 rings (SSSR count). The SMILES string of the molecule is COc1ccc(CNC(=O)C(=O)NC[C@@H](c2ccsc2)N2CCc3ccccc3C2)cc1. The highest BCUT2D eigenvalue weighted by atomic mass is 32.1. The predicted molar refractivity (Wildman–Crippen MR) is 125 cm³/mol. The first kappa shape index (κ1) is 22.0.